The summed E-state index contributed by atoms with van der Waals surface area (Å²) in [6.07, 6.45) is 0.893. The summed E-state index contributed by atoms with van der Waals surface area (Å²) in [4.78, 5) is 12.4. The van der Waals surface area contributed by atoms with Crippen molar-refractivity contribution in [3.63, 3.8) is 0 Å². The van der Waals surface area contributed by atoms with Crippen molar-refractivity contribution in [3.05, 3.63) is 63.9 Å². The van der Waals surface area contributed by atoms with Crippen LogP contribution in [0.5, 0.6) is 5.75 Å². The number of ether oxygens (including phenoxy) is 1. The SMILES string of the molecule is O=C(Cc1cccc(F)c1)c1cc(Cl)cc2c1OCC2. The Bertz CT molecular complexity index is 682. The van der Waals surface area contributed by atoms with Gasteiger partial charge < -0.3 is 4.74 Å². The van der Waals surface area contributed by atoms with Crippen LogP contribution in [0, 0.1) is 5.82 Å². The Kier molecular flexibility index (Phi) is 3.45. The fraction of sp³-hybridized carbons (Fsp3) is 0.188. The molecule has 0 fully saturated rings. The molecule has 3 rings (SSSR count). The van der Waals surface area contributed by atoms with Crippen LogP contribution < -0.4 is 4.74 Å². The van der Waals surface area contributed by atoms with Crippen molar-refractivity contribution in [2.75, 3.05) is 6.61 Å². The number of fused-ring (bicyclic) bond motifs is 1. The molecule has 0 aromatic heterocycles. The van der Waals surface area contributed by atoms with E-state index in [0.717, 1.165) is 12.0 Å². The van der Waals surface area contributed by atoms with Crippen molar-refractivity contribution in [3.8, 4) is 5.75 Å². The largest absolute Gasteiger partial charge is 0.492 e. The lowest BCUT2D eigenvalue weighted by atomic mass is 10.00. The first-order valence-electron chi connectivity index (χ1n) is 6.36. The molecule has 0 N–H and O–H groups in total. The van der Waals surface area contributed by atoms with Gasteiger partial charge in [-0.15, -0.1) is 0 Å². The molecule has 0 radical (unpaired) electrons. The van der Waals surface area contributed by atoms with E-state index < -0.39 is 0 Å². The highest BCUT2D eigenvalue weighted by molar-refractivity contribution is 6.31. The van der Waals surface area contributed by atoms with Crippen molar-refractivity contribution in [1.82, 2.24) is 0 Å². The molecule has 2 nitrogen and oxygen atoms in total. The van der Waals surface area contributed by atoms with Gasteiger partial charge in [0.1, 0.15) is 11.6 Å². The third-order valence-electron chi connectivity index (χ3n) is 3.30. The molecule has 1 aliphatic rings. The van der Waals surface area contributed by atoms with E-state index in [2.05, 4.69) is 0 Å². The van der Waals surface area contributed by atoms with Crippen molar-refractivity contribution < 1.29 is 13.9 Å². The van der Waals surface area contributed by atoms with Crippen LogP contribution in [-0.4, -0.2) is 12.4 Å². The van der Waals surface area contributed by atoms with E-state index in [4.69, 9.17) is 16.3 Å². The lowest BCUT2D eigenvalue weighted by Crippen LogP contribution is -2.06. The summed E-state index contributed by atoms with van der Waals surface area (Å²) < 4.78 is 18.7. The van der Waals surface area contributed by atoms with Gasteiger partial charge in [0.2, 0.25) is 0 Å². The summed E-state index contributed by atoms with van der Waals surface area (Å²) >= 11 is 6.03. The zero-order valence-corrected chi connectivity index (χ0v) is 11.4. The Labute approximate surface area is 121 Å². The zero-order chi connectivity index (χ0) is 14.1. The predicted molar refractivity (Wildman–Crippen MR) is 75.1 cm³/mol. The Morgan fingerprint density at radius 1 is 1.30 bits per heavy atom. The first kappa shape index (κ1) is 13.1. The highest BCUT2D eigenvalue weighted by Crippen LogP contribution is 2.33. The van der Waals surface area contributed by atoms with Crippen molar-refractivity contribution >= 4 is 17.4 Å². The molecule has 0 saturated carbocycles. The normalized spacial score (nSPS) is 12.9. The fourth-order valence-electron chi connectivity index (χ4n) is 2.40. The molecular formula is C16H12ClFO2. The minimum absolute atomic E-state index is 0.115. The Morgan fingerprint density at radius 3 is 2.95 bits per heavy atom. The molecule has 4 heteroatoms. The third kappa shape index (κ3) is 2.54. The van der Waals surface area contributed by atoms with Crippen LogP contribution in [0.2, 0.25) is 5.02 Å². The van der Waals surface area contributed by atoms with Gasteiger partial charge in [-0.25, -0.2) is 4.39 Å². The second-order valence-corrected chi connectivity index (χ2v) is 5.21. The van der Waals surface area contributed by atoms with Crippen LogP contribution in [0.15, 0.2) is 36.4 Å². The number of hydrogen-bond donors (Lipinski definition) is 0. The minimum atomic E-state index is -0.345. The second kappa shape index (κ2) is 5.25. The standard InChI is InChI=1S/C16H12ClFO2/c17-12-8-11-4-5-20-16(11)14(9-12)15(19)7-10-2-1-3-13(18)6-10/h1-3,6,8-9H,4-5,7H2. The lowest BCUT2D eigenvalue weighted by molar-refractivity contribution is 0.0990. The van der Waals surface area contributed by atoms with E-state index in [1.807, 2.05) is 6.07 Å². The third-order valence-corrected chi connectivity index (χ3v) is 3.52. The van der Waals surface area contributed by atoms with Gasteiger partial charge in [-0.2, -0.15) is 0 Å². The molecule has 0 amide bonds. The highest BCUT2D eigenvalue weighted by Gasteiger charge is 2.22. The minimum Gasteiger partial charge on any atom is -0.492 e. The van der Waals surface area contributed by atoms with Gasteiger partial charge in [0.05, 0.1) is 12.2 Å². The molecule has 1 heterocycles. The van der Waals surface area contributed by atoms with E-state index >= 15 is 0 Å². The molecule has 0 bridgehead atoms. The molecule has 20 heavy (non-hydrogen) atoms. The molecule has 0 saturated heterocycles. The van der Waals surface area contributed by atoms with Crippen LogP contribution in [0.25, 0.3) is 0 Å². The molecule has 2 aromatic rings. The van der Waals surface area contributed by atoms with Crippen LogP contribution in [0.4, 0.5) is 4.39 Å². The van der Waals surface area contributed by atoms with Crippen LogP contribution >= 0.6 is 11.6 Å². The number of carbonyl (C=O) groups is 1. The molecule has 0 unspecified atom stereocenters. The zero-order valence-electron chi connectivity index (χ0n) is 10.7. The molecule has 2 aromatic carbocycles. The van der Waals surface area contributed by atoms with Gasteiger partial charge >= 0.3 is 0 Å². The summed E-state index contributed by atoms with van der Waals surface area (Å²) in [7, 11) is 0. The maximum Gasteiger partial charge on any atom is 0.171 e. The Morgan fingerprint density at radius 2 is 2.15 bits per heavy atom. The molecule has 0 aliphatic carbocycles. The fourth-order valence-corrected chi connectivity index (χ4v) is 2.64. The van der Waals surface area contributed by atoms with Gasteiger partial charge in [0.25, 0.3) is 0 Å². The molecule has 1 aliphatic heterocycles. The average molecular weight is 291 g/mol. The quantitative estimate of drug-likeness (QED) is 0.803. The van der Waals surface area contributed by atoms with Crippen molar-refractivity contribution in [2.45, 2.75) is 12.8 Å². The Hall–Kier alpha value is -1.87. The van der Waals surface area contributed by atoms with Gasteiger partial charge in [-0.05, 0) is 35.4 Å². The van der Waals surface area contributed by atoms with Crippen LogP contribution in [-0.2, 0) is 12.8 Å². The summed E-state index contributed by atoms with van der Waals surface area (Å²) in [6.45, 7) is 0.565. The first-order chi connectivity index (χ1) is 9.63. The average Bonchev–Trinajstić information content (AvgIpc) is 2.85. The van der Waals surface area contributed by atoms with Gasteiger partial charge in [0.15, 0.2) is 5.78 Å². The van der Waals surface area contributed by atoms with E-state index in [1.54, 1.807) is 18.2 Å². The van der Waals surface area contributed by atoms with Gasteiger partial charge in [0, 0.05) is 17.9 Å². The topological polar surface area (TPSA) is 26.3 Å². The van der Waals surface area contributed by atoms with Gasteiger partial charge in [-0.3, -0.25) is 4.79 Å². The maximum absolute atomic E-state index is 13.1. The van der Waals surface area contributed by atoms with E-state index in [-0.39, 0.29) is 18.0 Å². The Balaban J connectivity index is 1.92. The molecular weight excluding hydrogens is 279 g/mol. The summed E-state index contributed by atoms with van der Waals surface area (Å²) in [6, 6.07) is 9.48. The molecule has 0 atom stereocenters. The lowest BCUT2D eigenvalue weighted by Gasteiger charge is -2.08. The second-order valence-electron chi connectivity index (χ2n) is 4.77. The summed E-state index contributed by atoms with van der Waals surface area (Å²) in [5.74, 6) is 0.162. The number of rotatable bonds is 3. The summed E-state index contributed by atoms with van der Waals surface area (Å²) in [5.41, 5.74) is 2.08. The monoisotopic (exact) mass is 290 g/mol. The predicted octanol–water partition coefficient (Wildman–Crippen LogP) is 3.84. The van der Waals surface area contributed by atoms with E-state index in [0.29, 0.717) is 28.5 Å². The number of hydrogen-bond acceptors (Lipinski definition) is 2. The maximum atomic E-state index is 13.1. The highest BCUT2D eigenvalue weighted by atomic mass is 35.5. The molecule has 0 spiro atoms. The smallest absolute Gasteiger partial charge is 0.171 e. The van der Waals surface area contributed by atoms with Crippen LogP contribution in [0.3, 0.4) is 0 Å². The van der Waals surface area contributed by atoms with Crippen molar-refractivity contribution in [2.24, 2.45) is 0 Å². The number of halogens is 2. The number of benzene rings is 2. The van der Waals surface area contributed by atoms with Crippen LogP contribution in [0.1, 0.15) is 21.5 Å². The number of Topliss-reactive ketones (excluding diaryl/α,β-unsaturated/α-hetero) is 1. The van der Waals surface area contributed by atoms with E-state index in [9.17, 15) is 9.18 Å². The van der Waals surface area contributed by atoms with E-state index in [1.165, 1.54) is 12.1 Å². The van der Waals surface area contributed by atoms with Gasteiger partial charge in [-0.1, -0.05) is 23.7 Å². The number of ketones is 1. The number of carbonyl (C=O) groups excluding carboxylic acids is 1. The first-order valence-corrected chi connectivity index (χ1v) is 6.74. The summed E-state index contributed by atoms with van der Waals surface area (Å²) in [5, 5.41) is 0.525. The molecule has 102 valence electrons. The van der Waals surface area contributed by atoms with Crippen molar-refractivity contribution in [1.29, 1.82) is 0 Å².